The SMILES string of the molecule is CCOC(C)C(=O)NC(C(=O)O)c1ccc2ccccc2c1. The Labute approximate surface area is 128 Å². The Morgan fingerprint density at radius 2 is 1.86 bits per heavy atom. The minimum atomic E-state index is -1.10. The smallest absolute Gasteiger partial charge is 0.330 e. The van der Waals surface area contributed by atoms with Crippen molar-refractivity contribution in [2.45, 2.75) is 26.0 Å². The fraction of sp³-hybridized carbons (Fsp3) is 0.294. The predicted molar refractivity (Wildman–Crippen MR) is 83.6 cm³/mol. The van der Waals surface area contributed by atoms with Crippen LogP contribution in [0.25, 0.3) is 10.8 Å². The largest absolute Gasteiger partial charge is 0.479 e. The molecular formula is C17H19NO4. The van der Waals surface area contributed by atoms with Gasteiger partial charge in [0.15, 0.2) is 6.04 Å². The molecule has 2 rings (SSSR count). The number of nitrogens with one attached hydrogen (secondary N) is 1. The normalized spacial score (nSPS) is 13.5. The minimum absolute atomic E-state index is 0.391. The van der Waals surface area contributed by atoms with Gasteiger partial charge >= 0.3 is 5.97 Å². The summed E-state index contributed by atoms with van der Waals surface area (Å²) in [5.74, 6) is -1.55. The van der Waals surface area contributed by atoms with Crippen molar-refractivity contribution >= 4 is 22.6 Å². The number of fused-ring (bicyclic) bond motifs is 1. The van der Waals surface area contributed by atoms with Crippen molar-refractivity contribution in [3.63, 3.8) is 0 Å². The first-order valence-corrected chi connectivity index (χ1v) is 7.16. The molecule has 0 fully saturated rings. The van der Waals surface area contributed by atoms with E-state index in [9.17, 15) is 14.7 Å². The average molecular weight is 301 g/mol. The molecule has 5 nitrogen and oxygen atoms in total. The van der Waals surface area contributed by atoms with Crippen molar-refractivity contribution in [2.24, 2.45) is 0 Å². The highest BCUT2D eigenvalue weighted by Crippen LogP contribution is 2.21. The second-order valence-electron chi connectivity index (χ2n) is 4.98. The molecule has 0 aliphatic rings. The number of amides is 1. The van der Waals surface area contributed by atoms with E-state index in [1.54, 1.807) is 26.0 Å². The maximum Gasteiger partial charge on any atom is 0.330 e. The first-order chi connectivity index (χ1) is 10.5. The van der Waals surface area contributed by atoms with Crippen LogP contribution in [-0.2, 0) is 14.3 Å². The van der Waals surface area contributed by atoms with Crippen LogP contribution in [0.1, 0.15) is 25.5 Å². The monoisotopic (exact) mass is 301 g/mol. The van der Waals surface area contributed by atoms with Crippen LogP contribution in [0.4, 0.5) is 0 Å². The predicted octanol–water partition coefficient (Wildman–Crippen LogP) is 2.51. The fourth-order valence-electron chi connectivity index (χ4n) is 2.26. The van der Waals surface area contributed by atoms with Gasteiger partial charge in [0.1, 0.15) is 6.10 Å². The third kappa shape index (κ3) is 3.62. The van der Waals surface area contributed by atoms with Crippen molar-refractivity contribution in [2.75, 3.05) is 6.61 Å². The van der Waals surface area contributed by atoms with E-state index in [0.29, 0.717) is 12.2 Å². The molecule has 0 saturated heterocycles. The van der Waals surface area contributed by atoms with E-state index in [-0.39, 0.29) is 0 Å². The molecule has 1 amide bonds. The van der Waals surface area contributed by atoms with Gasteiger partial charge in [-0.25, -0.2) is 4.79 Å². The molecule has 2 unspecified atom stereocenters. The summed E-state index contributed by atoms with van der Waals surface area (Å²) in [5.41, 5.74) is 0.531. The quantitative estimate of drug-likeness (QED) is 0.859. The molecule has 2 N–H and O–H groups in total. The number of benzene rings is 2. The van der Waals surface area contributed by atoms with Gasteiger partial charge in [0.05, 0.1) is 0 Å². The lowest BCUT2D eigenvalue weighted by molar-refractivity contribution is -0.144. The molecule has 5 heteroatoms. The topological polar surface area (TPSA) is 75.6 Å². The number of aliphatic carboxylic acids is 1. The van der Waals surface area contributed by atoms with E-state index in [0.717, 1.165) is 10.8 Å². The summed E-state index contributed by atoms with van der Waals surface area (Å²) in [6.45, 7) is 3.77. The highest BCUT2D eigenvalue weighted by Gasteiger charge is 2.24. The third-order valence-corrected chi connectivity index (χ3v) is 3.43. The number of carbonyl (C=O) groups excluding carboxylic acids is 1. The van der Waals surface area contributed by atoms with Crippen LogP contribution in [0.15, 0.2) is 42.5 Å². The number of hydrogen-bond acceptors (Lipinski definition) is 3. The fourth-order valence-corrected chi connectivity index (χ4v) is 2.26. The van der Waals surface area contributed by atoms with E-state index in [1.807, 2.05) is 30.3 Å². The zero-order chi connectivity index (χ0) is 16.1. The lowest BCUT2D eigenvalue weighted by atomic mass is 10.0. The standard InChI is InChI=1S/C17H19NO4/c1-3-22-11(2)16(19)18-15(17(20)21)14-9-8-12-6-4-5-7-13(12)10-14/h4-11,15H,3H2,1-2H3,(H,18,19)(H,20,21). The lowest BCUT2D eigenvalue weighted by Gasteiger charge is -2.18. The van der Waals surface area contributed by atoms with Crippen molar-refractivity contribution in [1.29, 1.82) is 0 Å². The summed E-state index contributed by atoms with van der Waals surface area (Å²) >= 11 is 0. The number of hydrogen-bond donors (Lipinski definition) is 2. The lowest BCUT2D eigenvalue weighted by Crippen LogP contribution is -2.40. The molecular weight excluding hydrogens is 282 g/mol. The number of carbonyl (C=O) groups is 2. The average Bonchev–Trinajstić information content (AvgIpc) is 2.51. The Hall–Kier alpha value is -2.40. The molecule has 22 heavy (non-hydrogen) atoms. The second kappa shape index (κ2) is 7.04. The molecule has 0 bridgehead atoms. The first-order valence-electron chi connectivity index (χ1n) is 7.16. The molecule has 116 valence electrons. The molecule has 0 aliphatic carbocycles. The summed E-state index contributed by atoms with van der Waals surface area (Å²) in [6, 6.07) is 11.9. The molecule has 0 saturated carbocycles. The number of carboxylic acids is 1. The Balaban J connectivity index is 2.26. The number of carboxylic acid groups (broad SMARTS) is 1. The third-order valence-electron chi connectivity index (χ3n) is 3.43. The van der Waals surface area contributed by atoms with Crippen LogP contribution < -0.4 is 5.32 Å². The van der Waals surface area contributed by atoms with Crippen LogP contribution in [0.2, 0.25) is 0 Å². The van der Waals surface area contributed by atoms with Crippen molar-refractivity contribution in [3.8, 4) is 0 Å². The summed E-state index contributed by atoms with van der Waals surface area (Å²) in [4.78, 5) is 23.5. The van der Waals surface area contributed by atoms with Crippen molar-refractivity contribution < 1.29 is 19.4 Å². The zero-order valence-electron chi connectivity index (χ0n) is 12.6. The van der Waals surface area contributed by atoms with E-state index in [1.165, 1.54) is 0 Å². The maximum absolute atomic E-state index is 12.0. The first kappa shape index (κ1) is 16.0. The van der Waals surface area contributed by atoms with Crippen LogP contribution in [-0.4, -0.2) is 29.7 Å². The van der Waals surface area contributed by atoms with Gasteiger partial charge in [0.25, 0.3) is 0 Å². The summed E-state index contributed by atoms with van der Waals surface area (Å²) < 4.78 is 5.19. The van der Waals surface area contributed by atoms with Crippen LogP contribution in [0.5, 0.6) is 0 Å². The van der Waals surface area contributed by atoms with Crippen molar-refractivity contribution in [3.05, 3.63) is 48.0 Å². The van der Waals surface area contributed by atoms with Gasteiger partial charge < -0.3 is 15.2 Å². The van der Waals surface area contributed by atoms with Crippen LogP contribution in [0, 0.1) is 0 Å². The molecule has 2 aromatic carbocycles. The molecule has 2 atom stereocenters. The molecule has 0 radical (unpaired) electrons. The van der Waals surface area contributed by atoms with Gasteiger partial charge in [-0.2, -0.15) is 0 Å². The van der Waals surface area contributed by atoms with Gasteiger partial charge in [-0.05, 0) is 36.2 Å². The van der Waals surface area contributed by atoms with Gasteiger partial charge in [0.2, 0.25) is 5.91 Å². The van der Waals surface area contributed by atoms with E-state index >= 15 is 0 Å². The molecule has 0 aliphatic heterocycles. The Morgan fingerprint density at radius 3 is 2.50 bits per heavy atom. The molecule has 0 spiro atoms. The Bertz CT molecular complexity index is 683. The van der Waals surface area contributed by atoms with E-state index in [2.05, 4.69) is 5.32 Å². The van der Waals surface area contributed by atoms with E-state index in [4.69, 9.17) is 4.74 Å². The van der Waals surface area contributed by atoms with Gasteiger partial charge in [-0.3, -0.25) is 4.79 Å². The maximum atomic E-state index is 12.0. The number of rotatable bonds is 6. The van der Waals surface area contributed by atoms with Gasteiger partial charge in [0, 0.05) is 6.61 Å². The number of ether oxygens (including phenoxy) is 1. The summed E-state index contributed by atoms with van der Waals surface area (Å²) in [7, 11) is 0. The van der Waals surface area contributed by atoms with E-state index < -0.39 is 24.0 Å². The highest BCUT2D eigenvalue weighted by molar-refractivity contribution is 5.89. The molecule has 0 aromatic heterocycles. The van der Waals surface area contributed by atoms with Crippen molar-refractivity contribution in [1.82, 2.24) is 5.32 Å². The molecule has 0 heterocycles. The second-order valence-corrected chi connectivity index (χ2v) is 4.98. The Morgan fingerprint density at radius 1 is 1.18 bits per heavy atom. The zero-order valence-corrected chi connectivity index (χ0v) is 12.6. The van der Waals surface area contributed by atoms with Crippen LogP contribution in [0.3, 0.4) is 0 Å². The summed E-state index contributed by atoms with van der Waals surface area (Å²) in [5, 5.41) is 13.9. The van der Waals surface area contributed by atoms with Gasteiger partial charge in [-0.15, -0.1) is 0 Å². The summed E-state index contributed by atoms with van der Waals surface area (Å²) in [6.07, 6.45) is -0.688. The minimum Gasteiger partial charge on any atom is -0.479 e. The Kier molecular flexibility index (Phi) is 5.12. The van der Waals surface area contributed by atoms with Crippen LogP contribution >= 0.6 is 0 Å². The highest BCUT2D eigenvalue weighted by atomic mass is 16.5. The molecule has 2 aromatic rings. The van der Waals surface area contributed by atoms with Gasteiger partial charge in [-0.1, -0.05) is 36.4 Å².